The SMILES string of the molecule is C=C/C(=C\NC)c1cnc2c(Nc3cnc(CN4CCCCC4)nc3)nc(C)cn12. The average molecular weight is 405 g/mol. The third kappa shape index (κ3) is 4.33. The van der Waals surface area contributed by atoms with E-state index in [9.17, 15) is 0 Å². The molecule has 1 aliphatic rings. The lowest BCUT2D eigenvalue weighted by Gasteiger charge is -2.25. The lowest BCUT2D eigenvalue weighted by molar-refractivity contribution is 0.216. The number of likely N-dealkylation sites (tertiary alicyclic amines) is 1. The van der Waals surface area contributed by atoms with E-state index in [2.05, 4.69) is 42.0 Å². The summed E-state index contributed by atoms with van der Waals surface area (Å²) in [5.74, 6) is 1.52. The molecule has 0 spiro atoms. The van der Waals surface area contributed by atoms with E-state index in [1.807, 2.05) is 49.4 Å². The van der Waals surface area contributed by atoms with Crippen LogP contribution in [0.3, 0.4) is 0 Å². The van der Waals surface area contributed by atoms with Crippen LogP contribution in [0.15, 0.2) is 43.6 Å². The van der Waals surface area contributed by atoms with Crippen molar-refractivity contribution in [2.75, 3.05) is 25.5 Å². The predicted molar refractivity (Wildman–Crippen MR) is 119 cm³/mol. The Bertz CT molecular complexity index is 1040. The van der Waals surface area contributed by atoms with Crippen molar-refractivity contribution in [2.45, 2.75) is 32.7 Å². The Kier molecular flexibility index (Phi) is 6.04. The molecule has 8 heteroatoms. The van der Waals surface area contributed by atoms with Gasteiger partial charge < -0.3 is 10.6 Å². The van der Waals surface area contributed by atoms with Crippen molar-refractivity contribution in [1.29, 1.82) is 0 Å². The molecule has 1 aliphatic heterocycles. The first kappa shape index (κ1) is 20.0. The lowest BCUT2D eigenvalue weighted by Crippen LogP contribution is -2.29. The zero-order valence-electron chi connectivity index (χ0n) is 17.6. The van der Waals surface area contributed by atoms with Gasteiger partial charge in [-0.05, 0) is 32.9 Å². The molecule has 0 atom stereocenters. The third-order valence-corrected chi connectivity index (χ3v) is 5.21. The first-order chi connectivity index (χ1) is 14.7. The van der Waals surface area contributed by atoms with E-state index in [1.54, 1.807) is 6.08 Å². The number of imidazole rings is 1. The number of fused-ring (bicyclic) bond motifs is 1. The van der Waals surface area contributed by atoms with Gasteiger partial charge in [-0.25, -0.2) is 19.9 Å². The fourth-order valence-corrected chi connectivity index (χ4v) is 3.75. The van der Waals surface area contributed by atoms with Crippen LogP contribution in [0.2, 0.25) is 0 Å². The number of hydrogen-bond acceptors (Lipinski definition) is 7. The molecule has 0 radical (unpaired) electrons. The molecule has 2 N–H and O–H groups in total. The van der Waals surface area contributed by atoms with Crippen LogP contribution in [0.4, 0.5) is 11.5 Å². The number of piperidine rings is 1. The fraction of sp³-hybridized carbons (Fsp3) is 0.364. The molecule has 3 aromatic heterocycles. The van der Waals surface area contributed by atoms with Crippen molar-refractivity contribution in [2.24, 2.45) is 0 Å². The summed E-state index contributed by atoms with van der Waals surface area (Å²) in [5.41, 5.74) is 4.29. The average Bonchev–Trinajstić information content (AvgIpc) is 3.18. The standard InChI is InChI=1S/C22H28N8/c1-4-17(10-23-3)19-13-26-22-21(27-16(2)14-30(19)22)28-18-11-24-20(25-12-18)15-29-8-6-5-7-9-29/h4,10-14,23H,1,5-9,15H2,2-3H3,(H,27,28)/b17-10+. The summed E-state index contributed by atoms with van der Waals surface area (Å²) >= 11 is 0. The highest BCUT2D eigenvalue weighted by Gasteiger charge is 2.14. The minimum atomic E-state index is 0.668. The van der Waals surface area contributed by atoms with Crippen molar-refractivity contribution in [3.05, 3.63) is 60.9 Å². The molecule has 0 bridgehead atoms. The third-order valence-electron chi connectivity index (χ3n) is 5.21. The van der Waals surface area contributed by atoms with Crippen LogP contribution < -0.4 is 10.6 Å². The van der Waals surface area contributed by atoms with Crippen LogP contribution in [-0.2, 0) is 6.54 Å². The van der Waals surface area contributed by atoms with Gasteiger partial charge in [-0.1, -0.05) is 19.1 Å². The van der Waals surface area contributed by atoms with E-state index in [1.165, 1.54) is 19.3 Å². The van der Waals surface area contributed by atoms with Crippen molar-refractivity contribution in [3.63, 3.8) is 0 Å². The van der Waals surface area contributed by atoms with E-state index >= 15 is 0 Å². The van der Waals surface area contributed by atoms with E-state index in [-0.39, 0.29) is 0 Å². The highest BCUT2D eigenvalue weighted by molar-refractivity contribution is 5.77. The van der Waals surface area contributed by atoms with Gasteiger partial charge >= 0.3 is 0 Å². The Hall–Kier alpha value is -3.26. The van der Waals surface area contributed by atoms with Crippen molar-refractivity contribution in [1.82, 2.24) is 34.6 Å². The van der Waals surface area contributed by atoms with E-state index < -0.39 is 0 Å². The van der Waals surface area contributed by atoms with Crippen molar-refractivity contribution >= 4 is 22.7 Å². The van der Waals surface area contributed by atoms with Crippen LogP contribution in [0.1, 0.15) is 36.5 Å². The van der Waals surface area contributed by atoms with Crippen LogP contribution >= 0.6 is 0 Å². The number of aromatic nitrogens is 5. The second kappa shape index (κ2) is 9.04. The predicted octanol–water partition coefficient (Wildman–Crippen LogP) is 3.30. The minimum Gasteiger partial charge on any atom is -0.393 e. The molecule has 0 saturated carbocycles. The zero-order chi connectivity index (χ0) is 20.9. The second-order valence-corrected chi connectivity index (χ2v) is 7.51. The molecule has 0 aromatic carbocycles. The van der Waals surface area contributed by atoms with Gasteiger partial charge in [0, 0.05) is 25.0 Å². The topological polar surface area (TPSA) is 83.3 Å². The van der Waals surface area contributed by atoms with Gasteiger partial charge in [-0.15, -0.1) is 0 Å². The van der Waals surface area contributed by atoms with Gasteiger partial charge in [0.1, 0.15) is 5.82 Å². The Balaban J connectivity index is 1.57. The molecule has 0 aliphatic carbocycles. The van der Waals surface area contributed by atoms with E-state index in [4.69, 9.17) is 0 Å². The van der Waals surface area contributed by atoms with Gasteiger partial charge in [-0.3, -0.25) is 9.30 Å². The maximum Gasteiger partial charge on any atom is 0.180 e. The molecule has 1 saturated heterocycles. The van der Waals surface area contributed by atoms with Gasteiger partial charge in [0.2, 0.25) is 0 Å². The Morgan fingerprint density at radius 2 is 1.90 bits per heavy atom. The van der Waals surface area contributed by atoms with E-state index in [0.29, 0.717) is 5.82 Å². The zero-order valence-corrected chi connectivity index (χ0v) is 17.6. The monoisotopic (exact) mass is 404 g/mol. The Morgan fingerprint density at radius 1 is 1.13 bits per heavy atom. The first-order valence-electron chi connectivity index (χ1n) is 10.3. The summed E-state index contributed by atoms with van der Waals surface area (Å²) in [6.45, 7) is 8.93. The lowest BCUT2D eigenvalue weighted by atomic mass is 10.1. The van der Waals surface area contributed by atoms with Gasteiger partial charge in [-0.2, -0.15) is 0 Å². The number of anilines is 2. The molecule has 30 heavy (non-hydrogen) atoms. The van der Waals surface area contributed by atoms with Crippen LogP contribution in [0, 0.1) is 6.92 Å². The van der Waals surface area contributed by atoms with Crippen molar-refractivity contribution in [3.8, 4) is 0 Å². The molecule has 1 fully saturated rings. The molecular weight excluding hydrogens is 376 g/mol. The Morgan fingerprint density at radius 3 is 2.60 bits per heavy atom. The fourth-order valence-electron chi connectivity index (χ4n) is 3.75. The first-order valence-corrected chi connectivity index (χ1v) is 10.3. The number of rotatable bonds is 7. The number of allylic oxidation sites excluding steroid dienone is 2. The van der Waals surface area contributed by atoms with Crippen LogP contribution in [0.25, 0.3) is 11.2 Å². The molecule has 0 unspecified atom stereocenters. The normalized spacial score (nSPS) is 15.3. The quantitative estimate of drug-likeness (QED) is 0.585. The largest absolute Gasteiger partial charge is 0.393 e. The molecule has 3 aromatic rings. The molecule has 8 nitrogen and oxygen atoms in total. The maximum atomic E-state index is 4.64. The summed E-state index contributed by atoms with van der Waals surface area (Å²) in [6.07, 6.45) is 15.0. The van der Waals surface area contributed by atoms with Crippen molar-refractivity contribution < 1.29 is 0 Å². The second-order valence-electron chi connectivity index (χ2n) is 7.51. The molecule has 4 heterocycles. The van der Waals surface area contributed by atoms with Crippen LogP contribution in [-0.4, -0.2) is 49.4 Å². The van der Waals surface area contributed by atoms with E-state index in [0.717, 1.165) is 53.8 Å². The van der Waals surface area contributed by atoms with Gasteiger partial charge in [0.05, 0.1) is 42.2 Å². The number of aryl methyl sites for hydroxylation is 1. The summed E-state index contributed by atoms with van der Waals surface area (Å²) in [4.78, 5) is 20.7. The maximum absolute atomic E-state index is 4.64. The Labute approximate surface area is 176 Å². The summed E-state index contributed by atoms with van der Waals surface area (Å²) in [7, 11) is 1.86. The molecular formula is C22H28N8. The van der Waals surface area contributed by atoms with Gasteiger partial charge in [0.15, 0.2) is 11.5 Å². The highest BCUT2D eigenvalue weighted by Crippen LogP contribution is 2.24. The highest BCUT2D eigenvalue weighted by atomic mass is 15.2. The number of nitrogens with one attached hydrogen (secondary N) is 2. The van der Waals surface area contributed by atoms with Gasteiger partial charge in [0.25, 0.3) is 0 Å². The summed E-state index contributed by atoms with van der Waals surface area (Å²) < 4.78 is 2.01. The smallest absolute Gasteiger partial charge is 0.180 e. The number of nitrogens with zero attached hydrogens (tertiary/aromatic N) is 6. The minimum absolute atomic E-state index is 0.668. The summed E-state index contributed by atoms with van der Waals surface area (Å²) in [6, 6.07) is 0. The summed E-state index contributed by atoms with van der Waals surface area (Å²) in [5, 5.41) is 6.38. The molecule has 0 amide bonds. The molecule has 156 valence electrons. The molecule has 4 rings (SSSR count). The van der Waals surface area contributed by atoms with Crippen LogP contribution in [0.5, 0.6) is 0 Å². The number of hydrogen-bond donors (Lipinski definition) is 2.